The van der Waals surface area contributed by atoms with Gasteiger partial charge in [0, 0.05) is 19.5 Å². The van der Waals surface area contributed by atoms with Crippen LogP contribution in [0.15, 0.2) is 35.5 Å². The van der Waals surface area contributed by atoms with E-state index in [-0.39, 0.29) is 0 Å². The fourth-order valence-electron chi connectivity index (χ4n) is 3.89. The second-order valence-electron chi connectivity index (χ2n) is 8.10. The monoisotopic (exact) mass is 433 g/mol. The van der Waals surface area contributed by atoms with Gasteiger partial charge in [0.2, 0.25) is 0 Å². The Morgan fingerprint density at radius 3 is 2.77 bits per heavy atom. The summed E-state index contributed by atoms with van der Waals surface area (Å²) in [6, 6.07) is 12.3. The maximum atomic E-state index is 9.64. The molecular weight excluding hydrogens is 406 g/mol. The Morgan fingerprint density at radius 1 is 1.23 bits per heavy atom. The number of rotatable bonds is 8. The number of aryl methyl sites for hydroxylation is 2. The highest BCUT2D eigenvalue weighted by Gasteiger charge is 2.15. The predicted octanol–water partition coefficient (Wildman–Crippen LogP) is 4.68. The van der Waals surface area contributed by atoms with Crippen LogP contribution in [0.25, 0.3) is 16.7 Å². The first kappa shape index (κ1) is 21.2. The number of thioether (sulfide) groups is 1. The Balaban J connectivity index is 1.56. The summed E-state index contributed by atoms with van der Waals surface area (Å²) in [6.07, 6.45) is 3.83. The Kier molecular flexibility index (Phi) is 6.14. The van der Waals surface area contributed by atoms with Gasteiger partial charge in [0.15, 0.2) is 10.8 Å². The van der Waals surface area contributed by atoms with E-state index in [0.29, 0.717) is 17.1 Å². The molecule has 8 heteroatoms. The molecule has 4 aromatic rings. The summed E-state index contributed by atoms with van der Waals surface area (Å²) in [5.74, 6) is 2.53. The summed E-state index contributed by atoms with van der Waals surface area (Å²) in [5, 5.41) is 22.9. The lowest BCUT2D eigenvalue weighted by molar-refractivity contribution is 0.478. The van der Waals surface area contributed by atoms with E-state index in [4.69, 9.17) is 4.98 Å². The number of para-hydroxylation sites is 2. The summed E-state index contributed by atoms with van der Waals surface area (Å²) in [4.78, 5) is 4.71. The quantitative estimate of drug-likeness (QED) is 0.321. The lowest BCUT2D eigenvalue weighted by Crippen LogP contribution is -2.12. The van der Waals surface area contributed by atoms with Crippen molar-refractivity contribution in [3.8, 4) is 6.07 Å². The van der Waals surface area contributed by atoms with E-state index in [2.05, 4.69) is 40.0 Å². The number of hydrogen-bond donors (Lipinski definition) is 1. The third-order valence-electron chi connectivity index (χ3n) is 5.29. The van der Waals surface area contributed by atoms with E-state index in [0.717, 1.165) is 59.3 Å². The molecule has 0 radical (unpaired) electrons. The molecule has 0 saturated heterocycles. The number of pyridine rings is 1. The first-order chi connectivity index (χ1) is 15.0. The van der Waals surface area contributed by atoms with E-state index in [1.807, 2.05) is 47.9 Å². The number of hydrogen-bond acceptors (Lipinski definition) is 6. The van der Waals surface area contributed by atoms with Crippen molar-refractivity contribution in [1.82, 2.24) is 24.1 Å². The van der Waals surface area contributed by atoms with Gasteiger partial charge in [-0.2, -0.15) is 5.26 Å². The Labute approximate surface area is 186 Å². The number of anilines is 1. The number of fused-ring (bicyclic) bond motifs is 3. The van der Waals surface area contributed by atoms with Crippen LogP contribution in [0.1, 0.15) is 37.2 Å². The molecule has 0 aliphatic carbocycles. The molecule has 0 fully saturated rings. The molecule has 160 valence electrons. The van der Waals surface area contributed by atoms with Crippen LogP contribution < -0.4 is 5.32 Å². The van der Waals surface area contributed by atoms with Gasteiger partial charge in [-0.05, 0) is 49.3 Å². The van der Waals surface area contributed by atoms with Gasteiger partial charge in [0.25, 0.3) is 0 Å². The van der Waals surface area contributed by atoms with Crippen LogP contribution in [-0.2, 0) is 13.0 Å². The minimum Gasteiger partial charge on any atom is -0.371 e. The van der Waals surface area contributed by atoms with Crippen LogP contribution in [0.3, 0.4) is 0 Å². The number of aromatic nitrogens is 5. The molecule has 0 aliphatic rings. The summed E-state index contributed by atoms with van der Waals surface area (Å²) in [7, 11) is 0. The van der Waals surface area contributed by atoms with Crippen LogP contribution in [0.4, 0.5) is 5.82 Å². The topological polar surface area (TPSA) is 83.8 Å². The Morgan fingerprint density at radius 2 is 2.03 bits per heavy atom. The minimum absolute atomic E-state index is 0.545. The van der Waals surface area contributed by atoms with E-state index >= 15 is 0 Å². The zero-order chi connectivity index (χ0) is 22.0. The molecule has 0 spiro atoms. The van der Waals surface area contributed by atoms with Crippen molar-refractivity contribution in [1.29, 1.82) is 5.26 Å². The van der Waals surface area contributed by atoms with Gasteiger partial charge in [-0.25, -0.2) is 4.98 Å². The summed E-state index contributed by atoms with van der Waals surface area (Å²) >= 11 is 1.64. The molecule has 0 atom stereocenters. The molecule has 3 heterocycles. The van der Waals surface area contributed by atoms with Gasteiger partial charge in [-0.15, -0.1) is 10.2 Å². The van der Waals surface area contributed by atoms with E-state index in [9.17, 15) is 5.26 Å². The van der Waals surface area contributed by atoms with Crippen LogP contribution in [0.2, 0.25) is 0 Å². The third kappa shape index (κ3) is 4.10. The maximum absolute atomic E-state index is 9.64. The van der Waals surface area contributed by atoms with Gasteiger partial charge in [-0.1, -0.05) is 37.7 Å². The molecule has 0 unspecified atom stereocenters. The summed E-state index contributed by atoms with van der Waals surface area (Å²) in [6.45, 7) is 8.10. The van der Waals surface area contributed by atoms with E-state index in [1.165, 1.54) is 0 Å². The Hall–Kier alpha value is -3.05. The lowest BCUT2D eigenvalue weighted by atomic mass is 10.1. The number of nitrogens with zero attached hydrogens (tertiary/aromatic N) is 6. The molecule has 31 heavy (non-hydrogen) atoms. The molecular formula is C23H27N7S. The fourth-order valence-corrected chi connectivity index (χ4v) is 4.41. The van der Waals surface area contributed by atoms with Gasteiger partial charge < -0.3 is 9.88 Å². The second-order valence-corrected chi connectivity index (χ2v) is 8.87. The largest absolute Gasteiger partial charge is 0.371 e. The fraction of sp³-hybridized carbons (Fsp3) is 0.391. The van der Waals surface area contributed by atoms with Crippen molar-refractivity contribution < 1.29 is 0 Å². The molecule has 7 nitrogen and oxygen atoms in total. The van der Waals surface area contributed by atoms with Crippen LogP contribution in [0, 0.1) is 24.2 Å². The highest BCUT2D eigenvalue weighted by atomic mass is 32.2. The molecule has 1 N–H and O–H groups in total. The van der Waals surface area contributed by atoms with Gasteiger partial charge >= 0.3 is 0 Å². The van der Waals surface area contributed by atoms with Crippen LogP contribution >= 0.6 is 11.8 Å². The lowest BCUT2D eigenvalue weighted by Gasteiger charge is -2.13. The van der Waals surface area contributed by atoms with Gasteiger partial charge in [0.05, 0.1) is 16.6 Å². The molecule has 0 saturated carbocycles. The van der Waals surface area contributed by atoms with Crippen molar-refractivity contribution in [3.63, 3.8) is 0 Å². The minimum atomic E-state index is 0.545. The maximum Gasteiger partial charge on any atom is 0.190 e. The normalized spacial score (nSPS) is 11.5. The van der Waals surface area contributed by atoms with Crippen molar-refractivity contribution in [2.45, 2.75) is 45.3 Å². The molecule has 0 aliphatic heterocycles. The standard InChI is InChI=1S/C23H27N7S/c1-15(2)14-29-20(27-28-23(29)31-4)10-7-11-25-21-12-16(3)17(13-24)22-26-18-8-5-6-9-19(18)30(21)22/h5-6,8-9,12,15,25H,7,10-11,14H2,1-4H3. The van der Waals surface area contributed by atoms with Crippen molar-refractivity contribution in [3.05, 3.63) is 47.3 Å². The van der Waals surface area contributed by atoms with Crippen molar-refractivity contribution >= 4 is 34.3 Å². The second kappa shape index (κ2) is 8.98. The van der Waals surface area contributed by atoms with Crippen LogP contribution in [-0.4, -0.2) is 36.9 Å². The number of imidazole rings is 1. The molecule has 4 rings (SSSR count). The highest BCUT2D eigenvalue weighted by Crippen LogP contribution is 2.26. The first-order valence-corrected chi connectivity index (χ1v) is 11.8. The summed E-state index contributed by atoms with van der Waals surface area (Å²) < 4.78 is 4.29. The predicted molar refractivity (Wildman–Crippen MR) is 126 cm³/mol. The average molecular weight is 434 g/mol. The molecule has 3 aromatic heterocycles. The van der Waals surface area contributed by atoms with Crippen LogP contribution in [0.5, 0.6) is 0 Å². The zero-order valence-electron chi connectivity index (χ0n) is 18.4. The number of nitrogens with one attached hydrogen (secondary N) is 1. The first-order valence-electron chi connectivity index (χ1n) is 10.5. The molecule has 0 bridgehead atoms. The SMILES string of the molecule is CSc1nnc(CCCNc2cc(C)c(C#N)c3nc4ccccc4n23)n1CC(C)C. The van der Waals surface area contributed by atoms with Gasteiger partial charge in [0.1, 0.15) is 17.7 Å². The molecule has 0 amide bonds. The zero-order valence-corrected chi connectivity index (χ0v) is 19.2. The number of nitriles is 1. The van der Waals surface area contributed by atoms with E-state index < -0.39 is 0 Å². The van der Waals surface area contributed by atoms with Gasteiger partial charge in [-0.3, -0.25) is 4.40 Å². The molecule has 1 aromatic carbocycles. The van der Waals surface area contributed by atoms with Crippen molar-refractivity contribution in [2.24, 2.45) is 5.92 Å². The summed E-state index contributed by atoms with van der Waals surface area (Å²) in [5.41, 5.74) is 4.13. The third-order valence-corrected chi connectivity index (χ3v) is 5.96. The van der Waals surface area contributed by atoms with Crippen molar-refractivity contribution in [2.75, 3.05) is 18.1 Å². The Bertz CT molecular complexity index is 1260. The highest BCUT2D eigenvalue weighted by molar-refractivity contribution is 7.98. The number of benzene rings is 1. The van der Waals surface area contributed by atoms with E-state index in [1.54, 1.807) is 11.8 Å². The smallest absolute Gasteiger partial charge is 0.190 e. The average Bonchev–Trinajstić information content (AvgIpc) is 3.31.